The zero-order valence-electron chi connectivity index (χ0n) is 17.4. The number of rotatable bonds is 3. The van der Waals surface area contributed by atoms with Gasteiger partial charge in [0.25, 0.3) is 0 Å². The lowest BCUT2D eigenvalue weighted by atomic mass is 10.1. The van der Waals surface area contributed by atoms with Crippen molar-refractivity contribution in [3.8, 4) is 0 Å². The van der Waals surface area contributed by atoms with Gasteiger partial charge in [0.05, 0.1) is 18.3 Å². The molecule has 0 aliphatic carbocycles. The maximum absolute atomic E-state index is 14.7. The third kappa shape index (κ3) is 4.32. The molecule has 0 radical (unpaired) electrons. The number of benzene rings is 1. The summed E-state index contributed by atoms with van der Waals surface area (Å²) in [7, 11) is 2.05. The van der Waals surface area contributed by atoms with E-state index in [0.29, 0.717) is 23.6 Å². The van der Waals surface area contributed by atoms with Gasteiger partial charge in [-0.1, -0.05) is 18.6 Å². The van der Waals surface area contributed by atoms with Crippen LogP contribution in [0.5, 0.6) is 0 Å². The molecule has 2 aliphatic rings. The highest BCUT2D eigenvalue weighted by atomic mass is 19.1. The molecule has 0 unspecified atom stereocenters. The van der Waals surface area contributed by atoms with Gasteiger partial charge in [-0.15, -0.1) is 0 Å². The summed E-state index contributed by atoms with van der Waals surface area (Å²) < 4.78 is 14.7. The summed E-state index contributed by atoms with van der Waals surface area (Å²) in [5.41, 5.74) is 7.66. The van der Waals surface area contributed by atoms with Crippen LogP contribution < -0.4 is 10.6 Å². The second-order valence-corrected chi connectivity index (χ2v) is 7.79. The van der Waals surface area contributed by atoms with Crippen LogP contribution in [-0.4, -0.2) is 61.2 Å². The Balaban J connectivity index is 2.10. The van der Waals surface area contributed by atoms with Gasteiger partial charge in [0.1, 0.15) is 11.6 Å². The highest BCUT2D eigenvalue weighted by Crippen LogP contribution is 2.33. The fourth-order valence-electron chi connectivity index (χ4n) is 4.08. The number of halogens is 1. The van der Waals surface area contributed by atoms with E-state index in [1.165, 1.54) is 11.0 Å². The molecule has 7 nitrogen and oxygen atoms in total. The average Bonchev–Trinajstić information content (AvgIpc) is 2.89. The van der Waals surface area contributed by atoms with E-state index in [1.807, 2.05) is 27.0 Å². The van der Waals surface area contributed by atoms with Crippen LogP contribution in [0.25, 0.3) is 0 Å². The van der Waals surface area contributed by atoms with E-state index < -0.39 is 5.82 Å². The lowest BCUT2D eigenvalue weighted by molar-refractivity contribution is 0.177. The monoisotopic (exact) mass is 400 g/mol. The first-order chi connectivity index (χ1) is 13.8. The van der Waals surface area contributed by atoms with Crippen molar-refractivity contribution in [3.05, 3.63) is 41.0 Å². The second-order valence-electron chi connectivity index (χ2n) is 7.79. The number of hydrogen-bond acceptors (Lipinski definition) is 3. The molecule has 1 fully saturated rings. The number of carbonyl (C=O) groups excluding carboxylic acids is 1. The number of likely N-dealkylation sites (N-methyl/N-ethyl adjacent to an activating group) is 1. The van der Waals surface area contributed by atoms with E-state index in [9.17, 15) is 9.18 Å². The number of nitrogens with zero attached hydrogens (tertiary/aromatic N) is 5. The Bertz CT molecular complexity index is 844. The normalized spacial score (nSPS) is 22.1. The summed E-state index contributed by atoms with van der Waals surface area (Å²) in [4.78, 5) is 27.1. The number of likely N-dealkylation sites (tertiary alicyclic amines) is 1. The van der Waals surface area contributed by atoms with E-state index >= 15 is 0 Å². The first-order valence-corrected chi connectivity index (χ1v) is 9.88. The molecule has 2 amide bonds. The SMILES string of the molecule is C=NC(N)=NC1=C(C)CN(c2c(C)cccc2F)C(=O)N1[C@H]1CCCCN(C)C1. The van der Waals surface area contributed by atoms with Crippen molar-refractivity contribution in [2.75, 3.05) is 31.6 Å². The minimum Gasteiger partial charge on any atom is -0.368 e. The Morgan fingerprint density at radius 1 is 1.31 bits per heavy atom. The first-order valence-electron chi connectivity index (χ1n) is 9.88. The molecular formula is C21H29FN6O. The summed E-state index contributed by atoms with van der Waals surface area (Å²) in [6, 6.07) is 4.46. The molecule has 0 spiro atoms. The minimum atomic E-state index is -0.414. The van der Waals surface area contributed by atoms with Gasteiger partial charge in [0, 0.05) is 6.54 Å². The Morgan fingerprint density at radius 3 is 2.76 bits per heavy atom. The highest BCUT2D eigenvalue weighted by Gasteiger charge is 2.38. The third-order valence-electron chi connectivity index (χ3n) is 5.50. The maximum atomic E-state index is 14.7. The van der Waals surface area contributed by atoms with Crippen LogP contribution >= 0.6 is 0 Å². The number of urea groups is 1. The van der Waals surface area contributed by atoms with Crippen LogP contribution in [0.1, 0.15) is 31.7 Å². The zero-order valence-corrected chi connectivity index (χ0v) is 17.4. The van der Waals surface area contributed by atoms with Crippen molar-refractivity contribution in [3.63, 3.8) is 0 Å². The van der Waals surface area contributed by atoms with Crippen LogP contribution in [0, 0.1) is 12.7 Å². The van der Waals surface area contributed by atoms with Crippen molar-refractivity contribution < 1.29 is 9.18 Å². The lowest BCUT2D eigenvalue weighted by Crippen LogP contribution is -2.54. The van der Waals surface area contributed by atoms with Crippen LogP contribution in [-0.2, 0) is 0 Å². The van der Waals surface area contributed by atoms with Crippen LogP contribution in [0.3, 0.4) is 0 Å². The second kappa shape index (κ2) is 8.73. The number of nitrogens with two attached hydrogens (primary N) is 1. The van der Waals surface area contributed by atoms with E-state index in [4.69, 9.17) is 5.73 Å². The highest BCUT2D eigenvalue weighted by molar-refractivity contribution is 5.96. The van der Waals surface area contributed by atoms with E-state index in [0.717, 1.165) is 31.4 Å². The number of para-hydroxylation sites is 1. The van der Waals surface area contributed by atoms with Crippen LogP contribution in [0.4, 0.5) is 14.9 Å². The summed E-state index contributed by atoms with van der Waals surface area (Å²) in [5.74, 6) is 0.0865. The molecule has 2 N–H and O–H groups in total. The quantitative estimate of drug-likeness (QED) is 0.626. The molecule has 1 atom stereocenters. The molecule has 0 aromatic heterocycles. The van der Waals surface area contributed by atoms with Crippen LogP contribution in [0.2, 0.25) is 0 Å². The number of carbonyl (C=O) groups is 1. The van der Waals surface area contributed by atoms with Gasteiger partial charge in [0.2, 0.25) is 5.96 Å². The predicted octanol–water partition coefficient (Wildman–Crippen LogP) is 3.11. The largest absolute Gasteiger partial charge is 0.368 e. The van der Waals surface area contributed by atoms with Gasteiger partial charge < -0.3 is 10.6 Å². The van der Waals surface area contributed by atoms with Gasteiger partial charge in [-0.3, -0.25) is 9.80 Å². The number of aryl methyl sites for hydroxylation is 1. The summed E-state index contributed by atoms with van der Waals surface area (Å²) in [6.45, 7) is 9.04. The molecule has 8 heteroatoms. The molecule has 156 valence electrons. The first kappa shape index (κ1) is 21.0. The van der Waals surface area contributed by atoms with Crippen LogP contribution in [0.15, 0.2) is 39.6 Å². The van der Waals surface area contributed by atoms with Gasteiger partial charge in [-0.25, -0.2) is 14.2 Å². The molecule has 29 heavy (non-hydrogen) atoms. The average molecular weight is 401 g/mol. The Kier molecular flexibility index (Phi) is 6.32. The number of anilines is 1. The van der Waals surface area contributed by atoms with E-state index in [1.54, 1.807) is 11.0 Å². The topological polar surface area (TPSA) is 77.5 Å². The third-order valence-corrected chi connectivity index (χ3v) is 5.50. The number of aliphatic imine (C=N–C) groups is 2. The fraction of sp³-hybridized carbons (Fsp3) is 0.476. The summed E-state index contributed by atoms with van der Waals surface area (Å²) in [5, 5.41) is 0. The van der Waals surface area contributed by atoms with Crippen molar-refractivity contribution >= 4 is 24.4 Å². The van der Waals surface area contributed by atoms with Gasteiger partial charge in [-0.2, -0.15) is 4.99 Å². The van der Waals surface area contributed by atoms with Crippen molar-refractivity contribution in [2.45, 2.75) is 39.2 Å². The molecule has 1 aromatic rings. The fourth-order valence-corrected chi connectivity index (χ4v) is 4.08. The smallest absolute Gasteiger partial charge is 0.330 e. The molecule has 1 aromatic carbocycles. The standard InChI is InChI=1S/C21H29FN6O/c1-14-8-7-10-17(22)18(14)27-12-15(2)19(25-20(23)24-3)28(21(27)29)16-9-5-6-11-26(4)13-16/h7-8,10,16H,3,5-6,9,11-13H2,1-2,4H3,(H2,23,25)/t16-/m0/s1. The molecule has 2 heterocycles. The van der Waals surface area contributed by atoms with E-state index in [-0.39, 0.29) is 24.6 Å². The predicted molar refractivity (Wildman–Crippen MR) is 115 cm³/mol. The molecule has 0 saturated carbocycles. The van der Waals surface area contributed by atoms with Crippen molar-refractivity contribution in [2.24, 2.45) is 15.7 Å². The molecule has 3 rings (SSSR count). The number of guanidine groups is 1. The Labute approximate surface area is 171 Å². The molecule has 1 saturated heterocycles. The Hall–Kier alpha value is -2.74. The molecule has 0 bridgehead atoms. The number of amides is 2. The van der Waals surface area contributed by atoms with E-state index in [2.05, 4.69) is 21.6 Å². The molecular weight excluding hydrogens is 371 g/mol. The van der Waals surface area contributed by atoms with Gasteiger partial charge >= 0.3 is 6.03 Å². The van der Waals surface area contributed by atoms with Gasteiger partial charge in [0.15, 0.2) is 0 Å². The van der Waals surface area contributed by atoms with Crippen molar-refractivity contribution in [1.82, 2.24) is 9.80 Å². The Morgan fingerprint density at radius 2 is 2.07 bits per heavy atom. The maximum Gasteiger partial charge on any atom is 0.330 e. The summed E-state index contributed by atoms with van der Waals surface area (Å²) >= 11 is 0. The lowest BCUT2D eigenvalue weighted by Gasteiger charge is -2.41. The minimum absolute atomic E-state index is 0.00893. The van der Waals surface area contributed by atoms with Crippen molar-refractivity contribution in [1.29, 1.82) is 0 Å². The number of hydrogen-bond donors (Lipinski definition) is 1. The zero-order chi connectivity index (χ0) is 21.1. The summed E-state index contributed by atoms with van der Waals surface area (Å²) in [6.07, 6.45) is 2.92. The van der Waals surface area contributed by atoms with Gasteiger partial charge in [-0.05, 0) is 64.2 Å². The molecule has 2 aliphatic heterocycles.